The van der Waals surface area contributed by atoms with Gasteiger partial charge in [-0.25, -0.2) is 0 Å². The molecule has 0 amide bonds. The quantitative estimate of drug-likeness (QED) is 0.162. The van der Waals surface area contributed by atoms with Crippen LogP contribution in [0.3, 0.4) is 0 Å². The smallest absolute Gasteiger partial charge is 0.00928 e. The number of aryl methyl sites for hydroxylation is 1. The Bertz CT molecular complexity index is 3130. The zero-order chi connectivity index (χ0) is 35.6. The highest BCUT2D eigenvalue weighted by Gasteiger charge is 2.17. The fraction of sp³-hybridized carbons (Fsp3) is 0.0370. The molecule has 0 N–H and O–H groups in total. The van der Waals surface area contributed by atoms with Crippen molar-refractivity contribution < 1.29 is 0 Å². The lowest BCUT2D eigenvalue weighted by atomic mass is 9.85. The maximum Gasteiger partial charge on any atom is -0.00928 e. The molecule has 1 aliphatic rings. The van der Waals surface area contributed by atoms with Gasteiger partial charge in [-0.1, -0.05) is 170 Å². The third-order valence-electron chi connectivity index (χ3n) is 11.7. The van der Waals surface area contributed by atoms with Crippen LogP contribution in [0.4, 0.5) is 0 Å². The van der Waals surface area contributed by atoms with Crippen LogP contribution in [0.5, 0.6) is 0 Å². The van der Waals surface area contributed by atoms with E-state index in [0.29, 0.717) is 0 Å². The first-order valence-corrected chi connectivity index (χ1v) is 19.1. The second-order valence-electron chi connectivity index (χ2n) is 14.7. The van der Waals surface area contributed by atoms with Crippen molar-refractivity contribution in [2.45, 2.75) is 12.8 Å². The predicted molar refractivity (Wildman–Crippen MR) is 233 cm³/mol. The highest BCUT2D eigenvalue weighted by Crippen LogP contribution is 2.42. The average molecular weight is 685 g/mol. The molecule has 0 heteroatoms. The van der Waals surface area contributed by atoms with E-state index >= 15 is 0 Å². The zero-order valence-corrected chi connectivity index (χ0v) is 29.9. The van der Waals surface area contributed by atoms with Gasteiger partial charge in [0.25, 0.3) is 0 Å². The summed E-state index contributed by atoms with van der Waals surface area (Å²) >= 11 is 0. The standard InChI is InChI=1S/C54H36/c1-5-17-43-35(11-1)15-9-21-45(43)41-27-29-49-47-19-7-3-13-39(47)31-51(53(49)33-41)37-23-25-38(26-24-37)52-32-40-14-4-8-20-48(40)50-30-28-42(34-54(50)52)46-22-10-16-36-12-2-6-18-44(36)46/h1-7,9-19,21-34H,8,20H2. The van der Waals surface area contributed by atoms with Crippen molar-refractivity contribution in [1.82, 2.24) is 0 Å². The second-order valence-corrected chi connectivity index (χ2v) is 14.7. The van der Waals surface area contributed by atoms with Crippen LogP contribution in [0.15, 0.2) is 188 Å². The van der Waals surface area contributed by atoms with Gasteiger partial charge in [-0.2, -0.15) is 0 Å². The van der Waals surface area contributed by atoms with Crippen molar-refractivity contribution in [2.75, 3.05) is 0 Å². The lowest BCUT2D eigenvalue weighted by Gasteiger charge is -2.19. The predicted octanol–water partition coefficient (Wildman–Crippen LogP) is 15.1. The van der Waals surface area contributed by atoms with Crippen LogP contribution >= 0.6 is 0 Å². The van der Waals surface area contributed by atoms with Crippen molar-refractivity contribution in [1.29, 1.82) is 0 Å². The fourth-order valence-corrected chi connectivity index (χ4v) is 9.07. The molecule has 0 bridgehead atoms. The highest BCUT2D eigenvalue weighted by molar-refractivity contribution is 6.15. The molecule has 0 spiro atoms. The Labute approximate surface area is 315 Å². The van der Waals surface area contributed by atoms with Gasteiger partial charge in [-0.05, 0) is 147 Å². The van der Waals surface area contributed by atoms with E-state index in [1.165, 1.54) is 109 Å². The summed E-state index contributed by atoms with van der Waals surface area (Å²) < 4.78 is 0. The molecule has 0 aliphatic heterocycles. The molecule has 0 fully saturated rings. The first-order chi connectivity index (χ1) is 26.8. The summed E-state index contributed by atoms with van der Waals surface area (Å²) in [6, 6.07) is 67.8. The van der Waals surface area contributed by atoms with Crippen LogP contribution < -0.4 is 0 Å². The molecule has 11 rings (SSSR count). The largest absolute Gasteiger partial charge is 0.0836 e. The number of hydrogen-bond donors (Lipinski definition) is 0. The first-order valence-electron chi connectivity index (χ1n) is 19.1. The van der Waals surface area contributed by atoms with Gasteiger partial charge in [-0.15, -0.1) is 0 Å². The van der Waals surface area contributed by atoms with E-state index in [1.807, 2.05) is 0 Å². The summed E-state index contributed by atoms with van der Waals surface area (Å²) in [5, 5.41) is 12.9. The van der Waals surface area contributed by atoms with E-state index in [4.69, 9.17) is 0 Å². The van der Waals surface area contributed by atoms with E-state index in [2.05, 4.69) is 194 Å². The van der Waals surface area contributed by atoms with Gasteiger partial charge in [0.15, 0.2) is 0 Å². The van der Waals surface area contributed by atoms with Crippen molar-refractivity contribution >= 4 is 59.9 Å². The van der Waals surface area contributed by atoms with Crippen molar-refractivity contribution in [3.8, 4) is 44.5 Å². The Morgan fingerprint density at radius 3 is 1.44 bits per heavy atom. The molecule has 10 aromatic carbocycles. The Balaban J connectivity index is 1.08. The van der Waals surface area contributed by atoms with Crippen LogP contribution in [0.25, 0.3) is 104 Å². The minimum absolute atomic E-state index is 1.07. The van der Waals surface area contributed by atoms with Gasteiger partial charge in [0.05, 0.1) is 0 Å². The van der Waals surface area contributed by atoms with Gasteiger partial charge in [0.2, 0.25) is 0 Å². The molecule has 0 atom stereocenters. The SMILES string of the molecule is C1=Cc2cc(-c3ccc(-c4cc5ccccc5c5ccc(-c6cccc7ccccc67)cc45)cc3)c3cc(-c4cccc5ccccc45)ccc3c2CC1. The molecule has 0 aromatic heterocycles. The minimum atomic E-state index is 1.07. The molecule has 54 heavy (non-hydrogen) atoms. The molecule has 252 valence electrons. The molecule has 0 unspecified atom stereocenters. The Morgan fingerprint density at radius 1 is 0.296 bits per heavy atom. The lowest BCUT2D eigenvalue weighted by molar-refractivity contribution is 0.997. The highest BCUT2D eigenvalue weighted by atomic mass is 14.2. The van der Waals surface area contributed by atoms with Gasteiger partial charge in [0, 0.05) is 0 Å². The molecule has 1 aliphatic carbocycles. The minimum Gasteiger partial charge on any atom is -0.0836 e. The third kappa shape index (κ3) is 4.99. The van der Waals surface area contributed by atoms with Crippen LogP contribution in [-0.4, -0.2) is 0 Å². The van der Waals surface area contributed by atoms with Crippen molar-refractivity contribution in [3.05, 3.63) is 199 Å². The normalized spacial score (nSPS) is 12.6. The molecular weight excluding hydrogens is 649 g/mol. The van der Waals surface area contributed by atoms with Gasteiger partial charge in [0.1, 0.15) is 0 Å². The molecular formula is C54H36. The van der Waals surface area contributed by atoms with E-state index in [-0.39, 0.29) is 0 Å². The maximum atomic E-state index is 2.44. The van der Waals surface area contributed by atoms with E-state index in [0.717, 1.165) is 12.8 Å². The summed E-state index contributed by atoms with van der Waals surface area (Å²) in [7, 11) is 0. The monoisotopic (exact) mass is 684 g/mol. The molecule has 0 saturated carbocycles. The Hall–Kier alpha value is -6.76. The third-order valence-corrected chi connectivity index (χ3v) is 11.7. The molecule has 10 aromatic rings. The van der Waals surface area contributed by atoms with Crippen LogP contribution in [0, 0.1) is 0 Å². The van der Waals surface area contributed by atoms with Gasteiger partial charge < -0.3 is 0 Å². The number of benzene rings is 10. The van der Waals surface area contributed by atoms with Crippen molar-refractivity contribution in [2.24, 2.45) is 0 Å². The molecule has 0 saturated heterocycles. The molecule has 0 nitrogen and oxygen atoms in total. The van der Waals surface area contributed by atoms with Gasteiger partial charge in [-0.3, -0.25) is 0 Å². The van der Waals surface area contributed by atoms with Crippen LogP contribution in [0.1, 0.15) is 17.5 Å². The van der Waals surface area contributed by atoms with Crippen LogP contribution in [0.2, 0.25) is 0 Å². The second kappa shape index (κ2) is 12.4. The number of rotatable bonds is 4. The summed E-state index contributed by atoms with van der Waals surface area (Å²) in [5.41, 5.74) is 12.8. The fourth-order valence-electron chi connectivity index (χ4n) is 9.07. The van der Waals surface area contributed by atoms with Gasteiger partial charge >= 0.3 is 0 Å². The van der Waals surface area contributed by atoms with Crippen molar-refractivity contribution in [3.63, 3.8) is 0 Å². The lowest BCUT2D eigenvalue weighted by Crippen LogP contribution is -1.98. The summed E-state index contributed by atoms with van der Waals surface area (Å²) in [6.45, 7) is 0. The number of hydrogen-bond acceptors (Lipinski definition) is 0. The Morgan fingerprint density at radius 2 is 0.796 bits per heavy atom. The Kier molecular flexibility index (Phi) is 7.10. The topological polar surface area (TPSA) is 0 Å². The summed E-state index contributed by atoms with van der Waals surface area (Å²) in [5.74, 6) is 0. The van der Waals surface area contributed by atoms with Crippen LogP contribution in [-0.2, 0) is 6.42 Å². The molecule has 0 heterocycles. The number of allylic oxidation sites excluding steroid dienone is 1. The zero-order valence-electron chi connectivity index (χ0n) is 29.9. The molecule has 0 radical (unpaired) electrons. The maximum absolute atomic E-state index is 2.44. The average Bonchev–Trinajstić information content (AvgIpc) is 3.25. The summed E-state index contributed by atoms with van der Waals surface area (Å²) in [6.07, 6.45) is 6.81. The van der Waals surface area contributed by atoms with E-state index in [1.54, 1.807) is 0 Å². The first kappa shape index (κ1) is 30.8. The van der Waals surface area contributed by atoms with E-state index < -0.39 is 0 Å². The number of fused-ring (bicyclic) bond motifs is 8. The van der Waals surface area contributed by atoms with E-state index in [9.17, 15) is 0 Å². The summed E-state index contributed by atoms with van der Waals surface area (Å²) in [4.78, 5) is 0.